The van der Waals surface area contributed by atoms with E-state index >= 15 is 0 Å². The minimum Gasteiger partial charge on any atom is -0.468 e. The molecule has 0 aliphatic carbocycles. The van der Waals surface area contributed by atoms with Gasteiger partial charge in [0.2, 0.25) is 4.38 Å². The molecule has 45 heavy (non-hydrogen) atoms. The van der Waals surface area contributed by atoms with Gasteiger partial charge in [-0.2, -0.15) is 0 Å². The Hall–Kier alpha value is -3.85. The average Bonchev–Trinajstić information content (AvgIpc) is 3.41. The molecule has 3 aromatic rings. The van der Waals surface area contributed by atoms with Crippen LogP contribution in [0.3, 0.4) is 0 Å². The van der Waals surface area contributed by atoms with E-state index in [1.54, 1.807) is 88.6 Å². The number of hydrogen-bond acceptors (Lipinski definition) is 10. The molecule has 13 nitrogen and oxygen atoms in total. The number of rotatable bonds is 4. The van der Waals surface area contributed by atoms with Gasteiger partial charge in [0.25, 0.3) is 5.56 Å². The van der Waals surface area contributed by atoms with E-state index in [1.165, 1.54) is 34.6 Å². The van der Waals surface area contributed by atoms with Crippen molar-refractivity contribution in [2.75, 3.05) is 25.9 Å². The second-order valence-corrected chi connectivity index (χ2v) is 14.1. The van der Waals surface area contributed by atoms with Crippen LogP contribution in [0.2, 0.25) is 0 Å². The van der Waals surface area contributed by atoms with Crippen molar-refractivity contribution in [1.82, 2.24) is 28.5 Å². The summed E-state index contributed by atoms with van der Waals surface area (Å²) in [6.45, 7) is 11.1. The zero-order valence-corrected chi connectivity index (χ0v) is 28.7. The molecule has 2 atom stereocenters. The van der Waals surface area contributed by atoms with Gasteiger partial charge in [-0.15, -0.1) is 0 Å². The minimum atomic E-state index is -0.923. The van der Waals surface area contributed by atoms with Crippen LogP contribution >= 0.6 is 24.0 Å². The first kappa shape index (κ1) is 34.0. The Kier molecular flexibility index (Phi) is 9.73. The Labute approximate surface area is 271 Å². The summed E-state index contributed by atoms with van der Waals surface area (Å²) in [5.41, 5.74) is -1.07. The highest BCUT2D eigenvalue weighted by Gasteiger charge is 2.43. The van der Waals surface area contributed by atoms with E-state index in [0.29, 0.717) is 11.3 Å². The summed E-state index contributed by atoms with van der Waals surface area (Å²) >= 11 is 6.74. The maximum Gasteiger partial charge on any atom is 0.410 e. The zero-order chi connectivity index (χ0) is 33.4. The lowest BCUT2D eigenvalue weighted by atomic mass is 9.96. The molecule has 3 heterocycles. The van der Waals surface area contributed by atoms with Gasteiger partial charge in [0.15, 0.2) is 11.2 Å². The van der Waals surface area contributed by atoms with E-state index in [0.717, 1.165) is 4.57 Å². The number of amides is 2. The highest BCUT2D eigenvalue weighted by atomic mass is 32.2. The average molecular weight is 661 g/mol. The van der Waals surface area contributed by atoms with Crippen molar-refractivity contribution in [2.24, 2.45) is 14.1 Å². The van der Waals surface area contributed by atoms with E-state index in [4.69, 9.17) is 26.4 Å². The number of thiocarbonyl (C=S) groups is 1. The van der Waals surface area contributed by atoms with E-state index in [2.05, 4.69) is 4.98 Å². The molecule has 0 bridgehead atoms. The maximum absolute atomic E-state index is 13.6. The molecule has 1 aliphatic heterocycles. The van der Waals surface area contributed by atoms with Crippen LogP contribution in [0.5, 0.6) is 0 Å². The fraction of sp³-hybridized carbons (Fsp3) is 0.533. The number of hydrogen-bond donors (Lipinski definition) is 0. The molecule has 15 heteroatoms. The van der Waals surface area contributed by atoms with Gasteiger partial charge >= 0.3 is 17.9 Å². The molecule has 0 radical (unpaired) electrons. The SMILES string of the molecule is CSC(=S)OC(c1ccccc1-n1cnc2c1c(=O)n(C)c(=O)n2C)C1CN(C(=O)OC(C)(C)C)CCN1C(=O)OC(C)(C)C. The Bertz CT molecular complexity index is 1730. The highest BCUT2D eigenvalue weighted by molar-refractivity contribution is 8.22. The number of piperazine rings is 1. The molecular weight excluding hydrogens is 620 g/mol. The van der Waals surface area contributed by atoms with Crippen LogP contribution in [0, 0.1) is 0 Å². The molecule has 2 amide bonds. The second-order valence-electron chi connectivity index (χ2n) is 12.7. The Morgan fingerprint density at radius 1 is 0.978 bits per heavy atom. The number of carbonyl (C=O) groups excluding carboxylic acids is 2. The number of aromatic nitrogens is 4. The number of imidazole rings is 1. The van der Waals surface area contributed by atoms with Gasteiger partial charge in [0, 0.05) is 39.3 Å². The van der Waals surface area contributed by atoms with Crippen molar-refractivity contribution in [3.63, 3.8) is 0 Å². The van der Waals surface area contributed by atoms with E-state index in [9.17, 15) is 19.2 Å². The van der Waals surface area contributed by atoms with Gasteiger partial charge in [-0.05, 0) is 66.1 Å². The molecule has 2 unspecified atom stereocenters. The fourth-order valence-electron chi connectivity index (χ4n) is 5.08. The van der Waals surface area contributed by atoms with Crippen molar-refractivity contribution in [3.05, 3.63) is 57.0 Å². The number of thioether (sulfide) groups is 1. The largest absolute Gasteiger partial charge is 0.468 e. The predicted molar refractivity (Wildman–Crippen MR) is 176 cm³/mol. The summed E-state index contributed by atoms with van der Waals surface area (Å²) in [5.74, 6) is 0. The summed E-state index contributed by atoms with van der Waals surface area (Å²) < 4.78 is 22.0. The van der Waals surface area contributed by atoms with Crippen LogP contribution in [0.25, 0.3) is 16.9 Å². The molecule has 4 rings (SSSR count). The molecular formula is C30H40N6O7S2. The minimum absolute atomic E-state index is 0.0467. The lowest BCUT2D eigenvalue weighted by Crippen LogP contribution is -2.60. The number of nitrogens with zero attached hydrogens (tertiary/aromatic N) is 6. The van der Waals surface area contributed by atoms with Gasteiger partial charge in [-0.1, -0.05) is 30.0 Å². The first-order valence-corrected chi connectivity index (χ1v) is 16.0. The summed E-state index contributed by atoms with van der Waals surface area (Å²) in [7, 11) is 2.95. The zero-order valence-electron chi connectivity index (χ0n) is 27.0. The third-order valence-electron chi connectivity index (χ3n) is 7.09. The van der Waals surface area contributed by atoms with Crippen molar-refractivity contribution in [2.45, 2.75) is 64.9 Å². The fourth-order valence-corrected chi connectivity index (χ4v) is 5.39. The molecule has 2 aromatic heterocycles. The third-order valence-corrected chi connectivity index (χ3v) is 8.11. The van der Waals surface area contributed by atoms with Crippen LogP contribution in [0.4, 0.5) is 9.59 Å². The van der Waals surface area contributed by atoms with Crippen molar-refractivity contribution < 1.29 is 23.8 Å². The topological polar surface area (TPSA) is 130 Å². The molecule has 0 N–H and O–H groups in total. The van der Waals surface area contributed by atoms with Crippen molar-refractivity contribution in [3.8, 4) is 5.69 Å². The van der Waals surface area contributed by atoms with Crippen LogP contribution in [0.15, 0.2) is 40.2 Å². The second kappa shape index (κ2) is 12.9. The number of benzene rings is 1. The molecule has 0 spiro atoms. The van der Waals surface area contributed by atoms with Gasteiger partial charge < -0.3 is 19.1 Å². The first-order chi connectivity index (χ1) is 20.9. The quantitative estimate of drug-likeness (QED) is 0.379. The molecule has 1 aromatic carbocycles. The monoisotopic (exact) mass is 660 g/mol. The number of aryl methyl sites for hydroxylation is 1. The van der Waals surface area contributed by atoms with Crippen LogP contribution in [0.1, 0.15) is 53.2 Å². The summed E-state index contributed by atoms with van der Waals surface area (Å²) in [6, 6.07) is 6.40. The maximum atomic E-state index is 13.6. The number of ether oxygens (including phenoxy) is 3. The predicted octanol–water partition coefficient (Wildman–Crippen LogP) is 3.98. The van der Waals surface area contributed by atoms with Crippen molar-refractivity contribution in [1.29, 1.82) is 0 Å². The number of fused-ring (bicyclic) bond motifs is 1. The van der Waals surface area contributed by atoms with Crippen LogP contribution in [-0.4, -0.2) is 88.2 Å². The Morgan fingerprint density at radius 3 is 2.22 bits per heavy atom. The van der Waals surface area contributed by atoms with Crippen LogP contribution in [-0.2, 0) is 28.3 Å². The molecule has 1 fully saturated rings. The third kappa shape index (κ3) is 7.35. The van der Waals surface area contributed by atoms with E-state index in [-0.39, 0.29) is 35.2 Å². The molecule has 1 aliphatic rings. The number of para-hydroxylation sites is 1. The first-order valence-electron chi connectivity index (χ1n) is 14.4. The van der Waals surface area contributed by atoms with Crippen LogP contribution < -0.4 is 11.2 Å². The summed E-state index contributed by atoms with van der Waals surface area (Å²) in [5, 5.41) is 0. The van der Waals surface area contributed by atoms with E-state index < -0.39 is 46.8 Å². The van der Waals surface area contributed by atoms with Crippen molar-refractivity contribution >= 4 is 51.7 Å². The number of carbonyl (C=O) groups is 2. The standard InChI is InChI=1S/C30H40N6O7S2/c1-29(2,3)42-26(39)34-14-15-35(27(40)43-30(4,5)6)20(16-34)22(41-28(44)45-9)18-12-10-11-13-19(18)36-17-31-23-21(36)24(37)33(8)25(38)32(23)7/h10-13,17,20,22H,14-16H2,1-9H3. The Morgan fingerprint density at radius 2 is 1.60 bits per heavy atom. The smallest absolute Gasteiger partial charge is 0.410 e. The van der Waals surface area contributed by atoms with Gasteiger partial charge in [0.05, 0.1) is 11.7 Å². The summed E-state index contributed by atoms with van der Waals surface area (Å²) in [4.78, 5) is 60.3. The van der Waals surface area contributed by atoms with Gasteiger partial charge in [-0.3, -0.25) is 23.4 Å². The molecule has 244 valence electrons. The lowest BCUT2D eigenvalue weighted by Gasteiger charge is -2.44. The van der Waals surface area contributed by atoms with Gasteiger partial charge in [0.1, 0.15) is 23.6 Å². The summed E-state index contributed by atoms with van der Waals surface area (Å²) in [6.07, 6.45) is 1.22. The van der Waals surface area contributed by atoms with E-state index in [1.807, 2.05) is 0 Å². The Balaban J connectivity index is 1.91. The lowest BCUT2D eigenvalue weighted by molar-refractivity contribution is -0.0364. The molecule has 1 saturated heterocycles. The molecule has 0 saturated carbocycles. The highest BCUT2D eigenvalue weighted by Crippen LogP contribution is 2.35. The normalized spacial score (nSPS) is 16.4. The van der Waals surface area contributed by atoms with Gasteiger partial charge in [-0.25, -0.2) is 19.4 Å².